The number of allylic oxidation sites excluding steroid dienone is 3. The molecule has 3 rings (SSSR count). The van der Waals surface area contributed by atoms with E-state index in [4.69, 9.17) is 9.72 Å². The van der Waals surface area contributed by atoms with Crippen LogP contribution in [0.3, 0.4) is 0 Å². The molecule has 1 fully saturated rings. The Morgan fingerprint density at radius 2 is 2.11 bits per heavy atom. The van der Waals surface area contributed by atoms with E-state index in [-0.39, 0.29) is 5.56 Å². The van der Waals surface area contributed by atoms with Gasteiger partial charge in [-0.25, -0.2) is 4.98 Å². The van der Waals surface area contributed by atoms with Gasteiger partial charge in [-0.05, 0) is 25.1 Å². The van der Waals surface area contributed by atoms with Gasteiger partial charge in [0.15, 0.2) is 0 Å². The number of aromatic nitrogens is 2. The molecule has 0 atom stereocenters. The van der Waals surface area contributed by atoms with Crippen molar-refractivity contribution in [3.05, 3.63) is 71.0 Å². The molecule has 1 aromatic carbocycles. The van der Waals surface area contributed by atoms with Gasteiger partial charge in [0.2, 0.25) is 0 Å². The van der Waals surface area contributed by atoms with Crippen LogP contribution in [0.1, 0.15) is 11.4 Å². The summed E-state index contributed by atoms with van der Waals surface area (Å²) in [6, 6.07) is 5.75. The van der Waals surface area contributed by atoms with Gasteiger partial charge in [-0.1, -0.05) is 30.9 Å². The van der Waals surface area contributed by atoms with Crippen LogP contribution in [0.15, 0.2) is 54.1 Å². The number of fused-ring (bicyclic) bond motifs is 1. The number of aryl methyl sites for hydroxylation is 1. The number of benzene rings is 1. The fourth-order valence-corrected chi connectivity index (χ4v) is 3.28. The van der Waals surface area contributed by atoms with Crippen molar-refractivity contribution in [1.29, 1.82) is 0 Å². The minimum atomic E-state index is -0.125. The summed E-state index contributed by atoms with van der Waals surface area (Å²) in [4.78, 5) is 20.5. The first-order valence-electron chi connectivity index (χ1n) is 9.07. The van der Waals surface area contributed by atoms with E-state index in [0.29, 0.717) is 34.7 Å². The van der Waals surface area contributed by atoms with Crippen molar-refractivity contribution >= 4 is 16.6 Å². The van der Waals surface area contributed by atoms with Crippen LogP contribution in [-0.4, -0.2) is 47.7 Å². The Labute approximate surface area is 159 Å². The summed E-state index contributed by atoms with van der Waals surface area (Å²) in [6.45, 7) is 13.9. The van der Waals surface area contributed by atoms with Crippen LogP contribution >= 0.6 is 0 Å². The number of nitrogens with one attached hydrogen (secondary N) is 1. The van der Waals surface area contributed by atoms with Gasteiger partial charge in [-0.3, -0.25) is 14.3 Å². The van der Waals surface area contributed by atoms with Crippen LogP contribution in [0, 0.1) is 6.92 Å². The fourth-order valence-electron chi connectivity index (χ4n) is 3.28. The van der Waals surface area contributed by atoms with Crippen molar-refractivity contribution in [2.45, 2.75) is 13.5 Å². The number of piperazine rings is 1. The summed E-state index contributed by atoms with van der Waals surface area (Å²) in [5.74, 6) is 1.07. The number of nitrogens with zero attached hydrogens (tertiary/aromatic N) is 3. The topological polar surface area (TPSA) is 59.4 Å². The zero-order valence-corrected chi connectivity index (χ0v) is 16.0. The van der Waals surface area contributed by atoms with Crippen LogP contribution in [0.25, 0.3) is 16.6 Å². The van der Waals surface area contributed by atoms with Crippen LogP contribution in [0.4, 0.5) is 0 Å². The minimum absolute atomic E-state index is 0.125. The van der Waals surface area contributed by atoms with Crippen LogP contribution < -0.4 is 10.9 Å². The summed E-state index contributed by atoms with van der Waals surface area (Å²) in [7, 11) is 1.54. The number of hydrogen-bond acceptors (Lipinski definition) is 5. The lowest BCUT2D eigenvalue weighted by Gasteiger charge is -2.28. The second-order valence-electron chi connectivity index (χ2n) is 6.63. The number of hydrogen-bond donors (Lipinski definition) is 1. The van der Waals surface area contributed by atoms with Gasteiger partial charge in [0.1, 0.15) is 11.6 Å². The Balaban J connectivity index is 2.22. The van der Waals surface area contributed by atoms with Crippen molar-refractivity contribution in [1.82, 2.24) is 19.8 Å². The lowest BCUT2D eigenvalue weighted by molar-refractivity contribution is 0.226. The molecule has 1 saturated heterocycles. The molecular formula is C21H26N4O2. The highest BCUT2D eigenvalue weighted by molar-refractivity contribution is 5.80. The van der Waals surface area contributed by atoms with E-state index in [1.165, 1.54) is 0 Å². The van der Waals surface area contributed by atoms with Crippen LogP contribution in [0.5, 0.6) is 0 Å². The summed E-state index contributed by atoms with van der Waals surface area (Å²) in [5, 5.41) is 3.92. The van der Waals surface area contributed by atoms with Crippen LogP contribution in [-0.2, 0) is 11.3 Å². The Kier molecular flexibility index (Phi) is 5.88. The molecular weight excluding hydrogens is 340 g/mol. The Hall–Kier alpha value is -2.70. The molecule has 1 aliphatic rings. The normalized spacial score (nSPS) is 15.7. The summed E-state index contributed by atoms with van der Waals surface area (Å²) >= 11 is 0. The Bertz CT molecular complexity index is 953. The quantitative estimate of drug-likeness (QED) is 0.628. The predicted molar refractivity (Wildman–Crippen MR) is 110 cm³/mol. The first kappa shape index (κ1) is 19.1. The lowest BCUT2D eigenvalue weighted by atomic mass is 10.1. The van der Waals surface area contributed by atoms with Crippen molar-refractivity contribution in [2.75, 3.05) is 33.3 Å². The molecule has 6 nitrogen and oxygen atoms in total. The van der Waals surface area contributed by atoms with Crippen molar-refractivity contribution in [2.24, 2.45) is 0 Å². The molecule has 0 aliphatic carbocycles. The van der Waals surface area contributed by atoms with Gasteiger partial charge in [0.25, 0.3) is 5.56 Å². The monoisotopic (exact) mass is 366 g/mol. The molecule has 0 radical (unpaired) electrons. The fraction of sp³-hybridized carbons (Fsp3) is 0.333. The van der Waals surface area contributed by atoms with Crippen molar-refractivity contribution in [3.63, 3.8) is 0 Å². The van der Waals surface area contributed by atoms with Crippen molar-refractivity contribution < 1.29 is 4.74 Å². The van der Waals surface area contributed by atoms with Crippen LogP contribution in [0.2, 0.25) is 0 Å². The summed E-state index contributed by atoms with van der Waals surface area (Å²) < 4.78 is 6.94. The molecule has 1 aliphatic heterocycles. The number of rotatable bonds is 6. The molecule has 27 heavy (non-hydrogen) atoms. The standard InChI is InChI=1S/C21H26N4O2/c1-5-6-19(16(3)27-4)25-20(14-24-11-9-22-10-12-24)23-18-8-7-15(2)13-17(18)21(25)26/h5-8,13,22H,1,3,9-12,14H2,2,4H3/b19-6+. The van der Waals surface area contributed by atoms with Gasteiger partial charge >= 0.3 is 0 Å². The largest absolute Gasteiger partial charge is 0.495 e. The molecule has 0 unspecified atom stereocenters. The average Bonchev–Trinajstić information content (AvgIpc) is 2.68. The van der Waals surface area contributed by atoms with Gasteiger partial charge < -0.3 is 10.1 Å². The molecule has 0 spiro atoms. The second kappa shape index (κ2) is 8.33. The molecule has 0 amide bonds. The lowest BCUT2D eigenvalue weighted by Crippen LogP contribution is -2.44. The van der Waals surface area contributed by atoms with E-state index in [9.17, 15) is 4.79 Å². The molecule has 0 saturated carbocycles. The summed E-state index contributed by atoms with van der Waals surface area (Å²) in [6.07, 6.45) is 3.36. The predicted octanol–water partition coefficient (Wildman–Crippen LogP) is 2.30. The van der Waals surface area contributed by atoms with E-state index in [0.717, 1.165) is 31.7 Å². The minimum Gasteiger partial charge on any atom is -0.495 e. The number of methoxy groups -OCH3 is 1. The highest BCUT2D eigenvalue weighted by Crippen LogP contribution is 2.20. The first-order valence-corrected chi connectivity index (χ1v) is 9.07. The zero-order valence-electron chi connectivity index (χ0n) is 16.0. The molecule has 6 heteroatoms. The third-order valence-corrected chi connectivity index (χ3v) is 4.72. The maximum absolute atomic E-state index is 13.4. The smallest absolute Gasteiger partial charge is 0.266 e. The third-order valence-electron chi connectivity index (χ3n) is 4.72. The SMILES string of the molecule is C=C/C=C(\C(=C)OC)n1c(CN2CCNCC2)nc2ccc(C)cc2c1=O. The Morgan fingerprint density at radius 3 is 2.78 bits per heavy atom. The van der Waals surface area contributed by atoms with Gasteiger partial charge in [-0.15, -0.1) is 0 Å². The van der Waals surface area contributed by atoms with Gasteiger partial charge in [0.05, 0.1) is 30.3 Å². The van der Waals surface area contributed by atoms with Crippen molar-refractivity contribution in [3.8, 4) is 0 Å². The maximum Gasteiger partial charge on any atom is 0.266 e. The molecule has 1 aromatic heterocycles. The molecule has 0 bridgehead atoms. The zero-order chi connectivity index (χ0) is 19.4. The molecule has 1 N–H and O–H groups in total. The molecule has 2 aromatic rings. The second-order valence-corrected chi connectivity index (χ2v) is 6.63. The van der Waals surface area contributed by atoms with E-state index in [2.05, 4.69) is 23.4 Å². The highest BCUT2D eigenvalue weighted by Gasteiger charge is 2.20. The highest BCUT2D eigenvalue weighted by atomic mass is 16.5. The molecule has 142 valence electrons. The average molecular weight is 366 g/mol. The first-order chi connectivity index (χ1) is 13.0. The van der Waals surface area contributed by atoms with E-state index in [1.54, 1.807) is 23.8 Å². The number of ether oxygens (including phenoxy) is 1. The van der Waals surface area contributed by atoms with Gasteiger partial charge in [0, 0.05) is 26.2 Å². The maximum atomic E-state index is 13.4. The summed E-state index contributed by atoms with van der Waals surface area (Å²) in [5.41, 5.74) is 2.15. The third kappa shape index (κ3) is 4.02. The van der Waals surface area contributed by atoms with E-state index in [1.807, 2.05) is 25.1 Å². The van der Waals surface area contributed by atoms with E-state index >= 15 is 0 Å². The van der Waals surface area contributed by atoms with Gasteiger partial charge in [-0.2, -0.15) is 0 Å². The Morgan fingerprint density at radius 1 is 1.37 bits per heavy atom. The molecule has 2 heterocycles. The van der Waals surface area contributed by atoms with E-state index < -0.39 is 0 Å².